The molecule has 0 spiro atoms. The highest BCUT2D eigenvalue weighted by molar-refractivity contribution is 5.90. The van der Waals surface area contributed by atoms with Gasteiger partial charge in [-0.15, -0.1) is 0 Å². The van der Waals surface area contributed by atoms with Crippen molar-refractivity contribution in [1.82, 2.24) is 9.38 Å². The summed E-state index contributed by atoms with van der Waals surface area (Å²) in [6, 6.07) is 10.3. The third kappa shape index (κ3) is 5.32. The van der Waals surface area contributed by atoms with Crippen molar-refractivity contribution >= 4 is 17.4 Å². The minimum atomic E-state index is -0.443. The van der Waals surface area contributed by atoms with Gasteiger partial charge < -0.3 is 10.5 Å². The van der Waals surface area contributed by atoms with Crippen LogP contribution in [0.1, 0.15) is 34.6 Å². The van der Waals surface area contributed by atoms with Crippen molar-refractivity contribution in [2.45, 2.75) is 40.7 Å². The van der Waals surface area contributed by atoms with E-state index in [2.05, 4.69) is 10.7 Å². The summed E-state index contributed by atoms with van der Waals surface area (Å²) in [5.41, 5.74) is 6.92. The van der Waals surface area contributed by atoms with E-state index in [0.29, 0.717) is 23.5 Å². The number of rotatable bonds is 2. The van der Waals surface area contributed by atoms with Gasteiger partial charge in [-0.3, -0.25) is 9.30 Å². The van der Waals surface area contributed by atoms with Gasteiger partial charge in [0.25, 0.3) is 0 Å². The minimum Gasteiger partial charge on any atom is -0.444 e. The quantitative estimate of drug-likeness (QED) is 0.646. The predicted molar refractivity (Wildman–Crippen MR) is 117 cm³/mol. The Labute approximate surface area is 172 Å². The molecule has 1 atom stereocenters. The highest BCUT2D eigenvalue weighted by atomic mass is 19.1. The third-order valence-electron chi connectivity index (χ3n) is 3.93. The van der Waals surface area contributed by atoms with Crippen LogP contribution in [0.25, 0.3) is 16.9 Å². The van der Waals surface area contributed by atoms with Crippen molar-refractivity contribution < 1.29 is 13.9 Å². The van der Waals surface area contributed by atoms with E-state index in [1.807, 2.05) is 57.2 Å². The lowest BCUT2D eigenvalue weighted by Gasteiger charge is -2.14. The maximum Gasteiger partial charge on any atom is 0.414 e. The number of halogens is 1. The Kier molecular flexibility index (Phi) is 9.82. The number of cyclic esters (lactones) is 1. The molecular formula is C22H31FN4O2. The number of carbonyl (C=O) groups is 1. The maximum absolute atomic E-state index is 14.6. The lowest BCUT2D eigenvalue weighted by molar-refractivity contribution is 0.150. The van der Waals surface area contributed by atoms with Gasteiger partial charge >= 0.3 is 6.09 Å². The number of nitrogens with zero attached hydrogens (tertiary/aromatic N) is 3. The number of benzene rings is 1. The Balaban J connectivity index is 0.000000644. The summed E-state index contributed by atoms with van der Waals surface area (Å²) in [5.74, 6) is -0.393. The molecule has 3 heterocycles. The van der Waals surface area contributed by atoms with Crippen LogP contribution >= 0.6 is 0 Å². The van der Waals surface area contributed by atoms with Gasteiger partial charge in [-0.2, -0.15) is 0 Å². The van der Waals surface area contributed by atoms with E-state index in [4.69, 9.17) is 4.74 Å². The molecule has 7 heteroatoms. The molecule has 0 aliphatic carbocycles. The molecule has 0 radical (unpaired) electrons. The molecule has 6 nitrogen and oxygen atoms in total. The van der Waals surface area contributed by atoms with Gasteiger partial charge in [-0.1, -0.05) is 33.8 Å². The van der Waals surface area contributed by atoms with Crippen LogP contribution in [0.5, 0.6) is 0 Å². The van der Waals surface area contributed by atoms with Crippen LogP contribution in [-0.2, 0) is 4.74 Å². The van der Waals surface area contributed by atoms with Crippen molar-refractivity contribution in [1.29, 1.82) is 0 Å². The average Bonchev–Trinajstić information content (AvgIpc) is 3.38. The van der Waals surface area contributed by atoms with Gasteiger partial charge in [0.1, 0.15) is 17.6 Å². The standard InChI is InChI=1S/C17H14FN3O2.2C2H6.CH5N/c1-11-10-21(17(22)23-11)12-5-6-13(14(18)9-12)15-3-2-4-16-19-7-8-20(15)16;3*1-2/h2-9,11H,10H2,1H3;2*1-2H3;2H2,1H3. The second-order valence-corrected chi connectivity index (χ2v) is 5.54. The summed E-state index contributed by atoms with van der Waals surface area (Å²) >= 11 is 0. The van der Waals surface area contributed by atoms with Gasteiger partial charge in [0, 0.05) is 18.0 Å². The molecule has 0 bridgehead atoms. The number of imidazole rings is 1. The predicted octanol–water partition coefficient (Wildman–Crippen LogP) is 5.11. The SMILES string of the molecule is CC.CC.CC1CN(c2ccc(-c3cccc4nccn34)c(F)c2)C(=O)O1.CN. The molecule has 1 aliphatic rings. The van der Waals surface area contributed by atoms with E-state index >= 15 is 0 Å². The van der Waals surface area contributed by atoms with Gasteiger partial charge in [0.05, 0.1) is 17.9 Å². The summed E-state index contributed by atoms with van der Waals surface area (Å²) in [7, 11) is 1.50. The van der Waals surface area contributed by atoms with Crippen molar-refractivity contribution in [3.63, 3.8) is 0 Å². The molecular weight excluding hydrogens is 371 g/mol. The van der Waals surface area contributed by atoms with E-state index in [9.17, 15) is 9.18 Å². The summed E-state index contributed by atoms with van der Waals surface area (Å²) in [4.78, 5) is 17.4. The number of amides is 1. The van der Waals surface area contributed by atoms with Crippen LogP contribution in [0, 0.1) is 5.82 Å². The van der Waals surface area contributed by atoms with Gasteiger partial charge in [0.15, 0.2) is 0 Å². The molecule has 1 saturated heterocycles. The first kappa shape index (κ1) is 24.1. The molecule has 1 amide bonds. The molecule has 0 saturated carbocycles. The van der Waals surface area contributed by atoms with Gasteiger partial charge in [-0.25, -0.2) is 14.2 Å². The Morgan fingerprint density at radius 1 is 1.14 bits per heavy atom. The molecule has 2 aromatic heterocycles. The zero-order valence-corrected chi connectivity index (χ0v) is 18.0. The smallest absolute Gasteiger partial charge is 0.414 e. The van der Waals surface area contributed by atoms with Crippen molar-refractivity contribution in [3.05, 3.63) is 54.6 Å². The Hall–Kier alpha value is -2.93. The van der Waals surface area contributed by atoms with Crippen LogP contribution in [0.2, 0.25) is 0 Å². The second kappa shape index (κ2) is 11.8. The Morgan fingerprint density at radius 2 is 1.83 bits per heavy atom. The molecule has 2 N–H and O–H groups in total. The third-order valence-corrected chi connectivity index (χ3v) is 3.93. The number of hydrogen-bond acceptors (Lipinski definition) is 4. The van der Waals surface area contributed by atoms with Crippen LogP contribution in [-0.4, -0.2) is 35.2 Å². The maximum atomic E-state index is 14.6. The van der Waals surface area contributed by atoms with E-state index in [1.54, 1.807) is 24.5 Å². The molecule has 158 valence electrons. The van der Waals surface area contributed by atoms with Crippen LogP contribution < -0.4 is 10.6 Å². The van der Waals surface area contributed by atoms with E-state index in [-0.39, 0.29) is 6.10 Å². The number of anilines is 1. The lowest BCUT2D eigenvalue weighted by Crippen LogP contribution is -2.24. The Bertz CT molecular complexity index is 911. The number of carbonyl (C=O) groups excluding carboxylic acids is 1. The van der Waals surface area contributed by atoms with Crippen LogP contribution in [0.15, 0.2) is 48.8 Å². The highest BCUT2D eigenvalue weighted by Crippen LogP contribution is 2.29. The monoisotopic (exact) mass is 402 g/mol. The molecule has 1 aliphatic heterocycles. The first-order valence-corrected chi connectivity index (χ1v) is 9.91. The van der Waals surface area contributed by atoms with E-state index in [1.165, 1.54) is 18.0 Å². The minimum absolute atomic E-state index is 0.190. The van der Waals surface area contributed by atoms with Crippen molar-refractivity contribution in [3.8, 4) is 11.3 Å². The fourth-order valence-electron chi connectivity index (χ4n) is 2.86. The second-order valence-electron chi connectivity index (χ2n) is 5.54. The fraction of sp³-hybridized carbons (Fsp3) is 0.364. The van der Waals surface area contributed by atoms with Crippen LogP contribution in [0.3, 0.4) is 0 Å². The summed E-state index contributed by atoms with van der Waals surface area (Å²) in [5, 5.41) is 0. The number of nitrogens with two attached hydrogens (primary N) is 1. The largest absolute Gasteiger partial charge is 0.444 e. The number of pyridine rings is 1. The van der Waals surface area contributed by atoms with Crippen molar-refractivity contribution in [2.24, 2.45) is 5.73 Å². The summed E-state index contributed by atoms with van der Waals surface area (Å²) in [6.07, 6.45) is 2.83. The van der Waals surface area contributed by atoms with Crippen LogP contribution in [0.4, 0.5) is 14.9 Å². The lowest BCUT2D eigenvalue weighted by atomic mass is 10.1. The molecule has 1 fully saturated rings. The van der Waals surface area contributed by atoms with E-state index in [0.717, 1.165) is 5.65 Å². The van der Waals surface area contributed by atoms with Gasteiger partial charge in [-0.05, 0) is 44.3 Å². The molecule has 1 aromatic carbocycles. The number of ether oxygens (including phenoxy) is 1. The topological polar surface area (TPSA) is 72.9 Å². The summed E-state index contributed by atoms with van der Waals surface area (Å²) in [6.45, 7) is 10.2. The number of hydrogen-bond donors (Lipinski definition) is 1. The fourth-order valence-corrected chi connectivity index (χ4v) is 2.86. The van der Waals surface area contributed by atoms with Crippen molar-refractivity contribution in [2.75, 3.05) is 18.5 Å². The highest BCUT2D eigenvalue weighted by Gasteiger charge is 2.29. The molecule has 1 unspecified atom stereocenters. The first-order valence-electron chi connectivity index (χ1n) is 9.91. The molecule has 4 rings (SSSR count). The zero-order chi connectivity index (χ0) is 22.0. The molecule has 29 heavy (non-hydrogen) atoms. The first-order chi connectivity index (χ1) is 14.1. The van der Waals surface area contributed by atoms with Gasteiger partial charge in [0.2, 0.25) is 0 Å². The summed E-state index contributed by atoms with van der Waals surface area (Å²) < 4.78 is 21.5. The Morgan fingerprint density at radius 3 is 2.41 bits per heavy atom. The number of aromatic nitrogens is 2. The average molecular weight is 403 g/mol. The normalized spacial score (nSPS) is 14.7. The zero-order valence-electron chi connectivity index (χ0n) is 18.0. The van der Waals surface area contributed by atoms with E-state index < -0.39 is 11.9 Å². The number of fused-ring (bicyclic) bond motifs is 1. The molecule has 3 aromatic rings.